The molecule has 0 unspecified atom stereocenters. The van der Waals surface area contributed by atoms with Crippen LogP contribution in [0.3, 0.4) is 0 Å². The van der Waals surface area contributed by atoms with Gasteiger partial charge < -0.3 is 14.6 Å². The molecule has 1 aromatic heterocycles. The summed E-state index contributed by atoms with van der Waals surface area (Å²) in [7, 11) is 1.33. The van der Waals surface area contributed by atoms with E-state index in [0.29, 0.717) is 16.3 Å². The predicted octanol–water partition coefficient (Wildman–Crippen LogP) is 5.95. The van der Waals surface area contributed by atoms with Gasteiger partial charge in [-0.3, -0.25) is 0 Å². The molecule has 4 nitrogen and oxygen atoms in total. The van der Waals surface area contributed by atoms with Crippen molar-refractivity contribution in [2.75, 3.05) is 12.4 Å². The normalized spacial score (nSPS) is 10.8. The molecule has 0 bridgehead atoms. The van der Waals surface area contributed by atoms with Crippen LogP contribution in [0.2, 0.25) is 5.02 Å². The van der Waals surface area contributed by atoms with Gasteiger partial charge in [0, 0.05) is 28.0 Å². The average Bonchev–Trinajstić information content (AvgIpc) is 3.12. The number of nitrogens with one attached hydrogen (secondary N) is 1. The van der Waals surface area contributed by atoms with Crippen molar-refractivity contribution in [1.29, 1.82) is 0 Å². The Bertz CT molecular complexity index is 1170. The molecule has 1 heterocycles. The van der Waals surface area contributed by atoms with Gasteiger partial charge in [-0.2, -0.15) is 0 Å². The third-order valence-electron chi connectivity index (χ3n) is 4.46. The van der Waals surface area contributed by atoms with Crippen molar-refractivity contribution in [3.63, 3.8) is 0 Å². The van der Waals surface area contributed by atoms with Gasteiger partial charge in [-0.15, -0.1) is 0 Å². The Kier molecular flexibility index (Phi) is 4.75. The summed E-state index contributed by atoms with van der Waals surface area (Å²) in [6.45, 7) is 0. The molecule has 4 rings (SSSR count). The minimum atomic E-state index is -0.464. The number of nitrogens with zero attached hydrogens (tertiary/aromatic N) is 1. The van der Waals surface area contributed by atoms with Crippen molar-refractivity contribution in [3.05, 3.63) is 89.3 Å². The standard InChI is InChI=1S/C22H16ClFN2O2/c1-28-22(27)19-13-15(23)2-8-20(19)25-17-5-9-21-14(12-17)10-11-26(21)18-6-3-16(24)4-7-18/h2-13,25H,1H3. The molecule has 0 aliphatic heterocycles. The maximum atomic E-state index is 13.2. The van der Waals surface area contributed by atoms with Crippen LogP contribution in [0.15, 0.2) is 72.9 Å². The highest BCUT2D eigenvalue weighted by molar-refractivity contribution is 6.31. The number of hydrogen-bond donors (Lipinski definition) is 1. The van der Waals surface area contributed by atoms with E-state index in [-0.39, 0.29) is 5.82 Å². The zero-order valence-corrected chi connectivity index (χ0v) is 15.7. The highest BCUT2D eigenvalue weighted by atomic mass is 35.5. The number of rotatable bonds is 4. The molecule has 0 atom stereocenters. The molecule has 0 spiro atoms. The van der Waals surface area contributed by atoms with Crippen LogP contribution in [-0.4, -0.2) is 17.6 Å². The Hall–Kier alpha value is -3.31. The molecule has 3 aromatic carbocycles. The predicted molar refractivity (Wildman–Crippen MR) is 109 cm³/mol. The van der Waals surface area contributed by atoms with Crippen molar-refractivity contribution in [2.45, 2.75) is 0 Å². The first-order chi connectivity index (χ1) is 13.5. The van der Waals surface area contributed by atoms with Gasteiger partial charge in [-0.05, 0) is 66.7 Å². The number of carbonyl (C=O) groups is 1. The molecule has 0 aliphatic carbocycles. The second kappa shape index (κ2) is 7.37. The number of methoxy groups -OCH3 is 1. The van der Waals surface area contributed by atoms with E-state index in [2.05, 4.69) is 5.32 Å². The highest BCUT2D eigenvalue weighted by Gasteiger charge is 2.13. The van der Waals surface area contributed by atoms with Crippen molar-refractivity contribution in [3.8, 4) is 5.69 Å². The maximum absolute atomic E-state index is 13.2. The first kappa shape index (κ1) is 18.1. The minimum absolute atomic E-state index is 0.268. The van der Waals surface area contributed by atoms with Gasteiger partial charge in [0.15, 0.2) is 0 Å². The van der Waals surface area contributed by atoms with Gasteiger partial charge >= 0.3 is 5.97 Å². The lowest BCUT2D eigenvalue weighted by Crippen LogP contribution is -2.05. The summed E-state index contributed by atoms with van der Waals surface area (Å²) in [4.78, 5) is 12.0. The molecule has 0 radical (unpaired) electrons. The van der Waals surface area contributed by atoms with Crippen molar-refractivity contribution < 1.29 is 13.9 Å². The van der Waals surface area contributed by atoms with E-state index in [1.807, 2.05) is 35.0 Å². The van der Waals surface area contributed by atoms with E-state index in [1.54, 1.807) is 30.3 Å². The van der Waals surface area contributed by atoms with Gasteiger partial charge in [0.2, 0.25) is 0 Å². The molecule has 6 heteroatoms. The zero-order valence-electron chi connectivity index (χ0n) is 14.9. The number of esters is 1. The van der Waals surface area contributed by atoms with Gasteiger partial charge in [0.05, 0.1) is 23.9 Å². The number of halogens is 2. The van der Waals surface area contributed by atoms with Crippen LogP contribution in [-0.2, 0) is 4.74 Å². The quantitative estimate of drug-likeness (QED) is 0.435. The molecule has 1 N–H and O–H groups in total. The third kappa shape index (κ3) is 3.44. The summed E-state index contributed by atoms with van der Waals surface area (Å²) in [6.07, 6.45) is 1.93. The van der Waals surface area contributed by atoms with E-state index >= 15 is 0 Å². The van der Waals surface area contributed by atoms with Crippen LogP contribution in [0.4, 0.5) is 15.8 Å². The second-order valence-corrected chi connectivity index (χ2v) is 6.68. The van der Waals surface area contributed by atoms with Crippen LogP contribution in [0.25, 0.3) is 16.6 Å². The summed E-state index contributed by atoms with van der Waals surface area (Å²) in [5, 5.41) is 4.70. The summed E-state index contributed by atoms with van der Waals surface area (Å²) in [6, 6.07) is 19.2. The Labute approximate surface area is 166 Å². The Morgan fingerprint density at radius 3 is 2.57 bits per heavy atom. The van der Waals surface area contributed by atoms with E-state index in [9.17, 15) is 9.18 Å². The molecule has 0 aliphatic rings. The molecular formula is C22H16ClFN2O2. The molecule has 0 amide bonds. The fourth-order valence-corrected chi connectivity index (χ4v) is 3.28. The average molecular weight is 395 g/mol. The van der Waals surface area contributed by atoms with Gasteiger partial charge in [-0.25, -0.2) is 9.18 Å². The smallest absolute Gasteiger partial charge is 0.340 e. The van der Waals surface area contributed by atoms with Crippen LogP contribution in [0, 0.1) is 5.82 Å². The Morgan fingerprint density at radius 2 is 1.82 bits per heavy atom. The molecule has 28 heavy (non-hydrogen) atoms. The minimum Gasteiger partial charge on any atom is -0.465 e. The number of benzene rings is 3. The number of hydrogen-bond acceptors (Lipinski definition) is 3. The maximum Gasteiger partial charge on any atom is 0.340 e. The number of fused-ring (bicyclic) bond motifs is 1. The number of ether oxygens (including phenoxy) is 1. The summed E-state index contributed by atoms with van der Waals surface area (Å²) >= 11 is 6.01. The zero-order chi connectivity index (χ0) is 19.7. The second-order valence-electron chi connectivity index (χ2n) is 6.24. The first-order valence-electron chi connectivity index (χ1n) is 8.57. The number of anilines is 2. The van der Waals surface area contributed by atoms with E-state index < -0.39 is 5.97 Å². The van der Waals surface area contributed by atoms with Crippen molar-refractivity contribution in [2.24, 2.45) is 0 Å². The Morgan fingerprint density at radius 1 is 1.04 bits per heavy atom. The van der Waals surface area contributed by atoms with Crippen molar-refractivity contribution in [1.82, 2.24) is 4.57 Å². The van der Waals surface area contributed by atoms with Crippen LogP contribution < -0.4 is 5.32 Å². The Balaban J connectivity index is 1.69. The van der Waals surface area contributed by atoms with E-state index in [1.165, 1.54) is 19.2 Å². The largest absolute Gasteiger partial charge is 0.465 e. The highest BCUT2D eigenvalue weighted by Crippen LogP contribution is 2.28. The van der Waals surface area contributed by atoms with E-state index in [0.717, 1.165) is 22.3 Å². The number of carbonyl (C=O) groups excluding carboxylic acids is 1. The van der Waals surface area contributed by atoms with Gasteiger partial charge in [-0.1, -0.05) is 11.6 Å². The molecule has 140 valence electrons. The van der Waals surface area contributed by atoms with Crippen LogP contribution in [0.1, 0.15) is 10.4 Å². The summed E-state index contributed by atoms with van der Waals surface area (Å²) < 4.78 is 20.0. The summed E-state index contributed by atoms with van der Waals surface area (Å²) in [5.41, 5.74) is 3.65. The fourth-order valence-electron chi connectivity index (χ4n) is 3.11. The van der Waals surface area contributed by atoms with Crippen molar-refractivity contribution >= 4 is 39.8 Å². The number of aromatic nitrogens is 1. The van der Waals surface area contributed by atoms with Crippen LogP contribution in [0.5, 0.6) is 0 Å². The third-order valence-corrected chi connectivity index (χ3v) is 4.70. The van der Waals surface area contributed by atoms with Gasteiger partial charge in [0.25, 0.3) is 0 Å². The van der Waals surface area contributed by atoms with Crippen LogP contribution >= 0.6 is 11.6 Å². The lowest BCUT2D eigenvalue weighted by molar-refractivity contribution is 0.0602. The lowest BCUT2D eigenvalue weighted by Gasteiger charge is -2.12. The van der Waals surface area contributed by atoms with E-state index in [4.69, 9.17) is 16.3 Å². The molecule has 0 saturated heterocycles. The lowest BCUT2D eigenvalue weighted by atomic mass is 10.1. The molecule has 0 saturated carbocycles. The SMILES string of the molecule is COC(=O)c1cc(Cl)ccc1Nc1ccc2c(ccn2-c2ccc(F)cc2)c1. The monoisotopic (exact) mass is 394 g/mol. The summed E-state index contributed by atoms with van der Waals surface area (Å²) in [5.74, 6) is -0.732. The topological polar surface area (TPSA) is 43.3 Å². The van der Waals surface area contributed by atoms with Gasteiger partial charge in [0.1, 0.15) is 5.82 Å². The molecule has 4 aromatic rings. The first-order valence-corrected chi connectivity index (χ1v) is 8.95. The fraction of sp³-hybridized carbons (Fsp3) is 0.0455. The molecular weight excluding hydrogens is 379 g/mol. The molecule has 0 fully saturated rings.